The molecule has 0 radical (unpaired) electrons. The van der Waals surface area contributed by atoms with Crippen LogP contribution >= 0.6 is 27.5 Å². The molecule has 0 aliphatic heterocycles. The highest BCUT2D eigenvalue weighted by Crippen LogP contribution is 2.27. The van der Waals surface area contributed by atoms with Crippen molar-refractivity contribution in [1.29, 1.82) is 0 Å². The largest absolute Gasteiger partial charge is 0.378 e. The van der Waals surface area contributed by atoms with Gasteiger partial charge in [0.1, 0.15) is 4.90 Å². The number of halogens is 2. The molecule has 0 amide bonds. The summed E-state index contributed by atoms with van der Waals surface area (Å²) in [6, 6.07) is 11.7. The molecule has 0 bridgehead atoms. The number of rotatable bonds is 4. The second kappa shape index (κ2) is 6.25. The average Bonchev–Trinajstić information content (AvgIpc) is 2.38. The molecule has 0 spiro atoms. The molecule has 0 fully saturated rings. The summed E-state index contributed by atoms with van der Waals surface area (Å²) >= 11 is 9.04. The Morgan fingerprint density at radius 1 is 1.10 bits per heavy atom. The first-order valence-corrected chi connectivity index (χ1v) is 8.70. The van der Waals surface area contributed by atoms with Gasteiger partial charge in [0.2, 0.25) is 0 Å². The van der Waals surface area contributed by atoms with Crippen molar-refractivity contribution >= 4 is 48.9 Å². The van der Waals surface area contributed by atoms with E-state index in [-0.39, 0.29) is 4.90 Å². The van der Waals surface area contributed by atoms with E-state index >= 15 is 0 Å². The highest BCUT2D eigenvalue weighted by molar-refractivity contribution is 9.10. The molecular formula is C14H14BrClN2O2S. The number of benzene rings is 2. The molecule has 0 aliphatic carbocycles. The fourth-order valence-corrected chi connectivity index (χ4v) is 4.17. The number of nitrogens with one attached hydrogen (secondary N) is 1. The molecule has 0 unspecified atom stereocenters. The molecule has 4 nitrogen and oxygen atoms in total. The molecule has 7 heteroatoms. The Bertz CT molecular complexity index is 746. The smallest absolute Gasteiger partial charge is 0.263 e. The summed E-state index contributed by atoms with van der Waals surface area (Å²) in [5.74, 6) is 0. The maximum absolute atomic E-state index is 12.4. The number of nitrogens with zero attached hydrogens (tertiary/aromatic N) is 1. The van der Waals surface area contributed by atoms with Crippen molar-refractivity contribution in [2.45, 2.75) is 4.90 Å². The minimum absolute atomic E-state index is 0.142. The van der Waals surface area contributed by atoms with Gasteiger partial charge in [-0.2, -0.15) is 0 Å². The number of anilines is 2. The summed E-state index contributed by atoms with van der Waals surface area (Å²) in [4.78, 5) is 2.08. The Hall–Kier alpha value is -1.24. The fraction of sp³-hybridized carbons (Fsp3) is 0.143. The fourth-order valence-electron chi connectivity index (χ4n) is 1.73. The first kappa shape index (κ1) is 16.1. The zero-order valence-corrected chi connectivity index (χ0v) is 14.6. The summed E-state index contributed by atoms with van der Waals surface area (Å²) in [6.45, 7) is 0. The quantitative estimate of drug-likeness (QED) is 0.861. The van der Waals surface area contributed by atoms with Crippen LogP contribution in [0.25, 0.3) is 0 Å². The van der Waals surface area contributed by atoms with E-state index < -0.39 is 10.0 Å². The van der Waals surface area contributed by atoms with Crippen molar-refractivity contribution in [2.75, 3.05) is 23.7 Å². The Morgan fingerprint density at radius 2 is 1.71 bits per heavy atom. The molecule has 112 valence electrons. The summed E-state index contributed by atoms with van der Waals surface area (Å²) in [5, 5.41) is 0.469. The van der Waals surface area contributed by atoms with E-state index in [1.54, 1.807) is 18.2 Å². The first-order valence-electron chi connectivity index (χ1n) is 6.05. The maximum atomic E-state index is 12.4. The van der Waals surface area contributed by atoms with Gasteiger partial charge in [0.25, 0.3) is 10.0 Å². The molecule has 2 aromatic rings. The highest BCUT2D eigenvalue weighted by atomic mass is 79.9. The van der Waals surface area contributed by atoms with Crippen LogP contribution < -0.4 is 9.62 Å². The molecular weight excluding hydrogens is 376 g/mol. The van der Waals surface area contributed by atoms with Crippen LogP contribution in [0.3, 0.4) is 0 Å². The Morgan fingerprint density at radius 3 is 2.24 bits per heavy atom. The maximum Gasteiger partial charge on any atom is 0.263 e. The second-order valence-corrected chi connectivity index (χ2v) is 7.56. The van der Waals surface area contributed by atoms with Crippen LogP contribution in [-0.2, 0) is 10.0 Å². The molecule has 0 saturated carbocycles. The van der Waals surface area contributed by atoms with E-state index in [9.17, 15) is 8.42 Å². The van der Waals surface area contributed by atoms with Gasteiger partial charge in [-0.1, -0.05) is 11.6 Å². The van der Waals surface area contributed by atoms with Crippen LogP contribution in [0.1, 0.15) is 0 Å². The third-order valence-corrected chi connectivity index (χ3v) is 5.41. The van der Waals surface area contributed by atoms with Gasteiger partial charge in [-0.15, -0.1) is 0 Å². The van der Waals surface area contributed by atoms with Gasteiger partial charge in [0.15, 0.2) is 0 Å². The third kappa shape index (κ3) is 3.90. The molecule has 1 N–H and O–H groups in total. The lowest BCUT2D eigenvalue weighted by molar-refractivity contribution is 0.601. The Labute approximate surface area is 137 Å². The zero-order chi connectivity index (χ0) is 15.6. The minimum Gasteiger partial charge on any atom is -0.378 e. The van der Waals surface area contributed by atoms with Crippen molar-refractivity contribution < 1.29 is 8.42 Å². The predicted molar refractivity (Wildman–Crippen MR) is 90.7 cm³/mol. The molecule has 0 saturated heterocycles. The van der Waals surface area contributed by atoms with Crippen molar-refractivity contribution in [3.63, 3.8) is 0 Å². The third-order valence-electron chi connectivity index (χ3n) is 2.82. The van der Waals surface area contributed by atoms with Gasteiger partial charge in [0.05, 0.1) is 0 Å². The van der Waals surface area contributed by atoms with Crippen LogP contribution in [0.5, 0.6) is 0 Å². The number of hydrogen-bond donors (Lipinski definition) is 1. The van der Waals surface area contributed by atoms with E-state index in [4.69, 9.17) is 11.6 Å². The Kier molecular flexibility index (Phi) is 4.81. The van der Waals surface area contributed by atoms with E-state index in [2.05, 4.69) is 20.7 Å². The van der Waals surface area contributed by atoms with Crippen molar-refractivity contribution in [3.05, 3.63) is 52.0 Å². The lowest BCUT2D eigenvalue weighted by atomic mass is 10.3. The van der Waals surface area contributed by atoms with Crippen molar-refractivity contribution in [1.82, 2.24) is 0 Å². The van der Waals surface area contributed by atoms with Crippen LogP contribution in [0.2, 0.25) is 5.02 Å². The van der Waals surface area contributed by atoms with E-state index in [0.717, 1.165) is 5.69 Å². The van der Waals surface area contributed by atoms with Crippen molar-refractivity contribution in [3.8, 4) is 0 Å². The highest BCUT2D eigenvalue weighted by Gasteiger charge is 2.17. The van der Waals surface area contributed by atoms with Crippen molar-refractivity contribution in [2.24, 2.45) is 0 Å². The topological polar surface area (TPSA) is 49.4 Å². The lowest BCUT2D eigenvalue weighted by Gasteiger charge is -2.14. The Balaban J connectivity index is 2.28. The number of hydrogen-bond acceptors (Lipinski definition) is 3. The minimum atomic E-state index is -3.66. The van der Waals surface area contributed by atoms with Crippen LogP contribution in [-0.4, -0.2) is 22.5 Å². The second-order valence-electron chi connectivity index (χ2n) is 4.62. The molecule has 0 heterocycles. The summed E-state index contributed by atoms with van der Waals surface area (Å²) < 4.78 is 27.7. The molecule has 21 heavy (non-hydrogen) atoms. The average molecular weight is 390 g/mol. The normalized spacial score (nSPS) is 11.2. The SMILES string of the molecule is CN(C)c1ccc(NS(=O)(=O)c2ccc(Cl)cc2Br)cc1. The first-order chi connectivity index (χ1) is 9.79. The summed E-state index contributed by atoms with van der Waals surface area (Å²) in [5.41, 5.74) is 1.49. The van der Waals surface area contributed by atoms with Gasteiger partial charge >= 0.3 is 0 Å². The number of sulfonamides is 1. The van der Waals surface area contributed by atoms with Gasteiger partial charge in [-0.25, -0.2) is 8.42 Å². The van der Waals surface area contributed by atoms with Crippen LogP contribution in [0.15, 0.2) is 51.8 Å². The molecule has 0 atom stereocenters. The summed E-state index contributed by atoms with van der Waals surface area (Å²) in [7, 11) is 0.178. The lowest BCUT2D eigenvalue weighted by Crippen LogP contribution is -2.14. The molecule has 2 aromatic carbocycles. The molecule has 0 aliphatic rings. The van der Waals surface area contributed by atoms with E-state index in [0.29, 0.717) is 15.2 Å². The summed E-state index contributed by atoms with van der Waals surface area (Å²) in [6.07, 6.45) is 0. The van der Waals surface area contributed by atoms with E-state index in [1.165, 1.54) is 12.1 Å². The van der Waals surface area contributed by atoms with Gasteiger partial charge in [-0.05, 0) is 58.4 Å². The van der Waals surface area contributed by atoms with E-state index in [1.807, 2.05) is 31.1 Å². The monoisotopic (exact) mass is 388 g/mol. The molecule has 0 aromatic heterocycles. The zero-order valence-electron chi connectivity index (χ0n) is 11.5. The van der Waals surface area contributed by atoms with Crippen LogP contribution in [0, 0.1) is 0 Å². The van der Waals surface area contributed by atoms with Crippen LogP contribution in [0.4, 0.5) is 11.4 Å². The van der Waals surface area contributed by atoms with Gasteiger partial charge in [-0.3, -0.25) is 4.72 Å². The van der Waals surface area contributed by atoms with Gasteiger partial charge < -0.3 is 4.90 Å². The molecule has 2 rings (SSSR count). The predicted octanol–water partition coefficient (Wildman–Crippen LogP) is 3.97. The standard InChI is InChI=1S/C14H14BrClN2O2S/c1-18(2)12-6-4-11(5-7-12)17-21(19,20)14-8-3-10(16)9-13(14)15/h3-9,17H,1-2H3. The van der Waals surface area contributed by atoms with Gasteiger partial charge in [0, 0.05) is 35.0 Å².